The maximum absolute atomic E-state index is 11.5. The largest absolute Gasteiger partial charge is 0.481 e. The summed E-state index contributed by atoms with van der Waals surface area (Å²) in [5.41, 5.74) is 0.0321. The van der Waals surface area contributed by atoms with Crippen LogP contribution in [0.3, 0.4) is 0 Å². The average molecular weight is 296 g/mol. The molecular weight excluding hydrogens is 268 g/mol. The second-order valence-electron chi connectivity index (χ2n) is 6.14. The molecule has 0 aliphatic rings. The van der Waals surface area contributed by atoms with Crippen LogP contribution >= 0.6 is 0 Å². The molecule has 0 saturated heterocycles. The fourth-order valence-corrected chi connectivity index (χ4v) is 2.09. The van der Waals surface area contributed by atoms with Crippen molar-refractivity contribution >= 4 is 12.0 Å². The van der Waals surface area contributed by atoms with Gasteiger partial charge in [0.25, 0.3) is 0 Å². The third kappa shape index (κ3) is 10.7. The molecule has 0 fully saturated rings. The monoisotopic (exact) mass is 296 g/mol. The number of carboxylic acids is 1. The van der Waals surface area contributed by atoms with Crippen molar-refractivity contribution in [2.24, 2.45) is 11.3 Å². The number of hydrogen-bond donors (Lipinski definition) is 3. The Bertz CT molecular complexity index is 389. The molecule has 0 aromatic carbocycles. The summed E-state index contributed by atoms with van der Waals surface area (Å²) in [6, 6.07) is -0.196. The standard InChI is InChI=1S/C16H28N2O3/c1-5-6-7-11-17-15(21)18-12-10-13(16(2,3)4)8-9-14(19)20/h13H,7-12H2,1-4H3,(H,19,20)(H2,17,18,21). The maximum Gasteiger partial charge on any atom is 0.314 e. The van der Waals surface area contributed by atoms with Gasteiger partial charge in [0.15, 0.2) is 0 Å². The second kappa shape index (κ2) is 10.1. The number of aliphatic carboxylic acids is 1. The molecule has 21 heavy (non-hydrogen) atoms. The molecule has 5 nitrogen and oxygen atoms in total. The molecule has 1 unspecified atom stereocenters. The van der Waals surface area contributed by atoms with Crippen LogP contribution in [0.25, 0.3) is 0 Å². The lowest BCUT2D eigenvalue weighted by Gasteiger charge is -2.30. The van der Waals surface area contributed by atoms with Crippen molar-refractivity contribution < 1.29 is 14.7 Å². The van der Waals surface area contributed by atoms with E-state index in [9.17, 15) is 9.59 Å². The number of carboxylic acid groups (broad SMARTS) is 1. The highest BCUT2D eigenvalue weighted by Crippen LogP contribution is 2.32. The first-order valence-corrected chi connectivity index (χ1v) is 7.40. The Hall–Kier alpha value is -1.70. The smallest absolute Gasteiger partial charge is 0.314 e. The maximum atomic E-state index is 11.5. The lowest BCUT2D eigenvalue weighted by Crippen LogP contribution is -2.37. The van der Waals surface area contributed by atoms with Gasteiger partial charge in [-0.25, -0.2) is 4.79 Å². The molecule has 0 aliphatic heterocycles. The Morgan fingerprint density at radius 1 is 1.14 bits per heavy atom. The van der Waals surface area contributed by atoms with E-state index in [0.717, 1.165) is 6.42 Å². The van der Waals surface area contributed by atoms with Crippen LogP contribution in [0.5, 0.6) is 0 Å². The van der Waals surface area contributed by atoms with Crippen molar-refractivity contribution in [2.45, 2.75) is 53.4 Å². The van der Waals surface area contributed by atoms with Crippen LogP contribution in [-0.4, -0.2) is 30.2 Å². The molecule has 120 valence electrons. The number of hydrogen-bond acceptors (Lipinski definition) is 2. The fraction of sp³-hybridized carbons (Fsp3) is 0.750. The van der Waals surface area contributed by atoms with Gasteiger partial charge in [0.1, 0.15) is 0 Å². The molecule has 0 bridgehead atoms. The van der Waals surface area contributed by atoms with Crippen LogP contribution in [0.2, 0.25) is 0 Å². The van der Waals surface area contributed by atoms with Crippen molar-refractivity contribution in [1.29, 1.82) is 0 Å². The van der Waals surface area contributed by atoms with Gasteiger partial charge in [-0.3, -0.25) is 4.79 Å². The Labute approximate surface area is 127 Å². The van der Waals surface area contributed by atoms with E-state index in [4.69, 9.17) is 5.11 Å². The Balaban J connectivity index is 4.03. The summed E-state index contributed by atoms with van der Waals surface area (Å²) in [6.45, 7) is 9.15. The minimum absolute atomic E-state index is 0.0321. The van der Waals surface area contributed by atoms with Gasteiger partial charge in [0.05, 0.1) is 0 Å². The first kappa shape index (κ1) is 19.3. The first-order chi connectivity index (χ1) is 9.77. The van der Waals surface area contributed by atoms with E-state index < -0.39 is 5.97 Å². The highest BCUT2D eigenvalue weighted by molar-refractivity contribution is 5.73. The summed E-state index contributed by atoms with van der Waals surface area (Å²) in [6.07, 6.45) is 2.23. The van der Waals surface area contributed by atoms with E-state index in [1.165, 1.54) is 0 Å². The topological polar surface area (TPSA) is 78.4 Å². The van der Waals surface area contributed by atoms with E-state index in [1.54, 1.807) is 6.92 Å². The number of carbonyl (C=O) groups is 2. The molecule has 0 saturated carbocycles. The van der Waals surface area contributed by atoms with Crippen molar-refractivity contribution in [3.63, 3.8) is 0 Å². The Morgan fingerprint density at radius 3 is 2.29 bits per heavy atom. The number of amides is 2. The molecule has 3 N–H and O–H groups in total. The second-order valence-corrected chi connectivity index (χ2v) is 6.14. The van der Waals surface area contributed by atoms with Gasteiger partial charge in [-0.05, 0) is 31.1 Å². The molecule has 0 heterocycles. The predicted octanol–water partition coefficient (Wildman–Crippen LogP) is 2.62. The van der Waals surface area contributed by atoms with Gasteiger partial charge in [-0.15, -0.1) is 11.8 Å². The molecule has 0 spiro atoms. The zero-order chi connectivity index (χ0) is 16.3. The molecule has 5 heteroatoms. The highest BCUT2D eigenvalue weighted by atomic mass is 16.4. The van der Waals surface area contributed by atoms with E-state index >= 15 is 0 Å². The molecule has 0 aromatic rings. The molecule has 1 atom stereocenters. The van der Waals surface area contributed by atoms with E-state index in [0.29, 0.717) is 25.9 Å². The van der Waals surface area contributed by atoms with Crippen molar-refractivity contribution in [3.8, 4) is 11.8 Å². The summed E-state index contributed by atoms with van der Waals surface area (Å²) in [5.74, 6) is 5.14. The summed E-state index contributed by atoms with van der Waals surface area (Å²) in [7, 11) is 0. The zero-order valence-electron chi connectivity index (χ0n) is 13.6. The van der Waals surface area contributed by atoms with Crippen LogP contribution in [0, 0.1) is 23.2 Å². The fourth-order valence-electron chi connectivity index (χ4n) is 2.09. The Kier molecular flexibility index (Phi) is 9.27. The number of carbonyl (C=O) groups excluding carboxylic acids is 1. The number of rotatable bonds is 8. The zero-order valence-corrected chi connectivity index (χ0v) is 13.6. The first-order valence-electron chi connectivity index (χ1n) is 7.40. The van der Waals surface area contributed by atoms with Crippen molar-refractivity contribution in [2.75, 3.05) is 13.1 Å². The van der Waals surface area contributed by atoms with Crippen molar-refractivity contribution in [3.05, 3.63) is 0 Å². The number of nitrogens with one attached hydrogen (secondary N) is 2. The van der Waals surface area contributed by atoms with Crippen molar-refractivity contribution in [1.82, 2.24) is 10.6 Å². The van der Waals surface area contributed by atoms with Gasteiger partial charge in [0, 0.05) is 25.9 Å². The minimum Gasteiger partial charge on any atom is -0.481 e. The van der Waals surface area contributed by atoms with E-state index in [1.807, 2.05) is 0 Å². The molecule has 0 radical (unpaired) electrons. The predicted molar refractivity (Wildman–Crippen MR) is 83.9 cm³/mol. The van der Waals surface area contributed by atoms with Gasteiger partial charge in [0.2, 0.25) is 0 Å². The van der Waals surface area contributed by atoms with Crippen LogP contribution in [0.4, 0.5) is 4.79 Å². The van der Waals surface area contributed by atoms with E-state index in [2.05, 4.69) is 43.2 Å². The van der Waals surface area contributed by atoms with E-state index in [-0.39, 0.29) is 23.8 Å². The summed E-state index contributed by atoms with van der Waals surface area (Å²) in [4.78, 5) is 22.2. The van der Waals surface area contributed by atoms with Gasteiger partial charge < -0.3 is 15.7 Å². The third-order valence-electron chi connectivity index (χ3n) is 3.42. The number of urea groups is 1. The van der Waals surface area contributed by atoms with Crippen LogP contribution < -0.4 is 10.6 Å². The third-order valence-corrected chi connectivity index (χ3v) is 3.42. The normalized spacial score (nSPS) is 12.0. The summed E-state index contributed by atoms with van der Waals surface area (Å²) >= 11 is 0. The van der Waals surface area contributed by atoms with Crippen LogP contribution in [0.1, 0.15) is 53.4 Å². The molecule has 0 rings (SSSR count). The lowest BCUT2D eigenvalue weighted by atomic mass is 9.76. The molecular formula is C16H28N2O3. The summed E-state index contributed by atoms with van der Waals surface area (Å²) < 4.78 is 0. The molecule has 0 aromatic heterocycles. The van der Waals surface area contributed by atoms with Gasteiger partial charge >= 0.3 is 12.0 Å². The SMILES string of the molecule is CC#CCCNC(=O)NCCC(CCC(=O)O)C(C)(C)C. The minimum atomic E-state index is -0.771. The highest BCUT2D eigenvalue weighted by Gasteiger charge is 2.24. The lowest BCUT2D eigenvalue weighted by molar-refractivity contribution is -0.137. The Morgan fingerprint density at radius 2 is 1.76 bits per heavy atom. The van der Waals surface area contributed by atoms with Crippen LogP contribution in [0.15, 0.2) is 0 Å². The van der Waals surface area contributed by atoms with Gasteiger partial charge in [-0.2, -0.15) is 0 Å². The average Bonchev–Trinajstić information content (AvgIpc) is 2.37. The molecule has 0 aliphatic carbocycles. The molecule has 2 amide bonds. The summed E-state index contributed by atoms with van der Waals surface area (Å²) in [5, 5.41) is 14.3. The quantitative estimate of drug-likeness (QED) is 0.476. The van der Waals surface area contributed by atoms with Crippen LogP contribution in [-0.2, 0) is 4.79 Å². The van der Waals surface area contributed by atoms with Gasteiger partial charge in [-0.1, -0.05) is 20.8 Å².